The molecule has 1 heterocycles. The summed E-state index contributed by atoms with van der Waals surface area (Å²) in [5, 5.41) is 33.8. The van der Waals surface area contributed by atoms with Crippen molar-refractivity contribution in [3.8, 4) is 0 Å². The van der Waals surface area contributed by atoms with Crippen molar-refractivity contribution in [1.29, 1.82) is 0 Å². The normalized spacial score (nSPS) is 11.1. The molecule has 0 amide bonds. The number of carboxylic acid groups (broad SMARTS) is 3. The second kappa shape index (κ2) is 14.6. The Kier molecular flexibility index (Phi) is 11.6. The highest BCUT2D eigenvalue weighted by Gasteiger charge is 2.40. The summed E-state index contributed by atoms with van der Waals surface area (Å²) in [5.41, 5.74) is -1.50. The molecule has 3 rings (SSSR count). The highest BCUT2D eigenvalue weighted by molar-refractivity contribution is 5.88. The number of rotatable bonds is 13. The molecule has 210 valence electrons. The van der Waals surface area contributed by atoms with E-state index in [0.717, 1.165) is 24.6 Å². The maximum absolute atomic E-state index is 14.0. The first kappa shape index (κ1) is 31.0. The Morgan fingerprint density at radius 2 is 1.59 bits per heavy atom. The van der Waals surface area contributed by atoms with E-state index in [4.69, 9.17) is 20.4 Å². The summed E-state index contributed by atoms with van der Waals surface area (Å²) < 4.78 is 42.6. The van der Waals surface area contributed by atoms with Crippen LogP contribution in [0.25, 0.3) is 0 Å². The molecule has 0 aliphatic rings. The van der Waals surface area contributed by atoms with Crippen molar-refractivity contribution >= 4 is 17.9 Å². The fourth-order valence-corrected chi connectivity index (χ4v) is 3.61. The van der Waals surface area contributed by atoms with Crippen molar-refractivity contribution in [2.24, 2.45) is 0 Å². The molecular weight excluding hydrogens is 523 g/mol. The standard InChI is InChI=1S/C20H20F3N3.C6H8O7/c21-18-4-1-3-16(11-18)13-26(9-2-8-25-10-7-24-15-25)14-17-5-6-19(22)12-20(17)23;7-3(8)1-6(13,5(11)12)2-4(9)10/h1,3-7,10-12,15H,2,8-9,13-14H2;13H,1-2H2,(H,7,8)(H,9,10)(H,11,12). The van der Waals surface area contributed by atoms with Gasteiger partial charge in [0.15, 0.2) is 5.60 Å². The first-order chi connectivity index (χ1) is 18.4. The Hall–Kier alpha value is -4.23. The molecular formula is C26H28F3N3O7. The highest BCUT2D eigenvalue weighted by atomic mass is 19.1. The quantitative estimate of drug-likeness (QED) is 0.251. The summed E-state index contributed by atoms with van der Waals surface area (Å²) in [5.74, 6) is -6.48. The third-order valence-corrected chi connectivity index (χ3v) is 5.44. The SMILES string of the molecule is Fc1cccc(CN(CCCn2ccnc2)Cc2ccc(F)cc2F)c1.O=C(O)CC(O)(CC(=O)O)C(=O)O. The number of hydrogen-bond donors (Lipinski definition) is 4. The molecule has 0 unspecified atom stereocenters. The average molecular weight is 552 g/mol. The number of carboxylic acids is 3. The monoisotopic (exact) mass is 551 g/mol. The number of hydrogen-bond acceptors (Lipinski definition) is 6. The minimum absolute atomic E-state index is 0.297. The summed E-state index contributed by atoms with van der Waals surface area (Å²) >= 11 is 0. The third kappa shape index (κ3) is 11.0. The molecule has 0 bridgehead atoms. The maximum atomic E-state index is 14.0. The number of aryl methyl sites for hydroxylation is 1. The second-order valence-corrected chi connectivity index (χ2v) is 8.71. The fourth-order valence-electron chi connectivity index (χ4n) is 3.61. The fraction of sp³-hybridized carbons (Fsp3) is 0.308. The van der Waals surface area contributed by atoms with Gasteiger partial charge in [-0.25, -0.2) is 22.9 Å². The summed E-state index contributed by atoms with van der Waals surface area (Å²) in [4.78, 5) is 36.5. The van der Waals surface area contributed by atoms with Crippen LogP contribution < -0.4 is 0 Å². The van der Waals surface area contributed by atoms with Gasteiger partial charge in [-0.05, 0) is 30.2 Å². The molecule has 0 saturated heterocycles. The Labute approximate surface area is 221 Å². The van der Waals surface area contributed by atoms with E-state index in [1.165, 1.54) is 24.3 Å². The molecule has 39 heavy (non-hydrogen) atoms. The number of aromatic nitrogens is 2. The number of imidazole rings is 1. The summed E-state index contributed by atoms with van der Waals surface area (Å²) in [6, 6.07) is 9.97. The molecule has 0 atom stereocenters. The van der Waals surface area contributed by atoms with Crippen LogP contribution in [-0.2, 0) is 34.0 Å². The lowest BCUT2D eigenvalue weighted by Gasteiger charge is -2.23. The predicted octanol–water partition coefficient (Wildman–Crippen LogP) is 3.14. The van der Waals surface area contributed by atoms with Gasteiger partial charge in [-0.15, -0.1) is 0 Å². The third-order valence-electron chi connectivity index (χ3n) is 5.44. The van der Waals surface area contributed by atoms with Crippen molar-refractivity contribution in [2.75, 3.05) is 6.54 Å². The lowest BCUT2D eigenvalue weighted by Crippen LogP contribution is -2.42. The van der Waals surface area contributed by atoms with E-state index in [1.54, 1.807) is 18.6 Å². The van der Waals surface area contributed by atoms with Gasteiger partial charge in [0, 0.05) is 50.2 Å². The van der Waals surface area contributed by atoms with Gasteiger partial charge in [-0.2, -0.15) is 0 Å². The smallest absolute Gasteiger partial charge is 0.336 e. The highest BCUT2D eigenvalue weighted by Crippen LogP contribution is 2.17. The Bertz CT molecular complexity index is 1240. The molecule has 2 aromatic carbocycles. The van der Waals surface area contributed by atoms with Crippen LogP contribution in [0.4, 0.5) is 13.2 Å². The molecule has 13 heteroatoms. The first-order valence-electron chi connectivity index (χ1n) is 11.6. The van der Waals surface area contributed by atoms with Crippen LogP contribution in [0.3, 0.4) is 0 Å². The molecule has 0 aliphatic heterocycles. The zero-order chi connectivity index (χ0) is 29.0. The first-order valence-corrected chi connectivity index (χ1v) is 11.6. The van der Waals surface area contributed by atoms with E-state index in [1.807, 2.05) is 21.7 Å². The maximum Gasteiger partial charge on any atom is 0.336 e. The van der Waals surface area contributed by atoms with Crippen LogP contribution in [0.2, 0.25) is 0 Å². The van der Waals surface area contributed by atoms with E-state index in [-0.39, 0.29) is 5.82 Å². The zero-order valence-corrected chi connectivity index (χ0v) is 20.7. The van der Waals surface area contributed by atoms with Crippen LogP contribution in [-0.4, -0.2) is 64.9 Å². The lowest BCUT2D eigenvalue weighted by atomic mass is 9.96. The molecule has 4 N–H and O–H groups in total. The average Bonchev–Trinajstić information content (AvgIpc) is 3.34. The van der Waals surface area contributed by atoms with E-state index < -0.39 is 48.0 Å². The molecule has 1 aromatic heterocycles. The number of aliphatic hydroxyl groups is 1. The van der Waals surface area contributed by atoms with Crippen molar-refractivity contribution < 1.29 is 48.0 Å². The number of aliphatic carboxylic acids is 3. The summed E-state index contributed by atoms with van der Waals surface area (Å²) in [7, 11) is 0. The Morgan fingerprint density at radius 3 is 2.13 bits per heavy atom. The summed E-state index contributed by atoms with van der Waals surface area (Å²) in [6.45, 7) is 2.28. The van der Waals surface area contributed by atoms with Gasteiger partial charge in [-0.3, -0.25) is 14.5 Å². The Morgan fingerprint density at radius 1 is 0.923 bits per heavy atom. The number of carbonyl (C=O) groups is 3. The van der Waals surface area contributed by atoms with Gasteiger partial charge in [0.25, 0.3) is 0 Å². The summed E-state index contributed by atoms with van der Waals surface area (Å²) in [6.07, 6.45) is 3.89. The van der Waals surface area contributed by atoms with Crippen LogP contribution >= 0.6 is 0 Å². The van der Waals surface area contributed by atoms with Gasteiger partial charge >= 0.3 is 17.9 Å². The molecule has 0 aliphatic carbocycles. The van der Waals surface area contributed by atoms with Crippen LogP contribution in [0.5, 0.6) is 0 Å². The molecule has 0 radical (unpaired) electrons. The minimum Gasteiger partial charge on any atom is -0.481 e. The van der Waals surface area contributed by atoms with Crippen molar-refractivity contribution in [1.82, 2.24) is 14.5 Å². The number of halogens is 3. The minimum atomic E-state index is -2.74. The molecule has 3 aromatic rings. The largest absolute Gasteiger partial charge is 0.481 e. The predicted molar refractivity (Wildman–Crippen MR) is 131 cm³/mol. The zero-order valence-electron chi connectivity index (χ0n) is 20.7. The molecule has 0 saturated carbocycles. The van der Waals surface area contributed by atoms with Crippen LogP contribution in [0.1, 0.15) is 30.4 Å². The molecule has 10 nitrogen and oxygen atoms in total. The van der Waals surface area contributed by atoms with Gasteiger partial charge in [0.1, 0.15) is 17.5 Å². The van der Waals surface area contributed by atoms with Crippen LogP contribution in [0, 0.1) is 17.5 Å². The van der Waals surface area contributed by atoms with Gasteiger partial charge in [0.2, 0.25) is 0 Å². The number of benzene rings is 2. The van der Waals surface area contributed by atoms with Crippen molar-refractivity contribution in [3.63, 3.8) is 0 Å². The van der Waals surface area contributed by atoms with Gasteiger partial charge < -0.3 is 25.0 Å². The lowest BCUT2D eigenvalue weighted by molar-refractivity contribution is -0.170. The van der Waals surface area contributed by atoms with Gasteiger partial charge in [-0.1, -0.05) is 18.2 Å². The second-order valence-electron chi connectivity index (χ2n) is 8.71. The van der Waals surface area contributed by atoms with E-state index >= 15 is 0 Å². The van der Waals surface area contributed by atoms with Gasteiger partial charge in [0.05, 0.1) is 19.2 Å². The Balaban J connectivity index is 0.000000349. The molecule has 0 spiro atoms. The van der Waals surface area contributed by atoms with Crippen molar-refractivity contribution in [2.45, 2.75) is 44.5 Å². The van der Waals surface area contributed by atoms with E-state index in [0.29, 0.717) is 25.2 Å². The van der Waals surface area contributed by atoms with Crippen molar-refractivity contribution in [3.05, 3.63) is 89.8 Å². The topological polar surface area (TPSA) is 153 Å². The van der Waals surface area contributed by atoms with E-state index in [9.17, 15) is 27.6 Å². The van der Waals surface area contributed by atoms with E-state index in [2.05, 4.69) is 4.98 Å². The number of nitrogens with zero attached hydrogens (tertiary/aromatic N) is 3. The van der Waals surface area contributed by atoms with Crippen LogP contribution in [0.15, 0.2) is 61.2 Å². The molecule has 0 fully saturated rings.